The minimum absolute atomic E-state index is 0.449. The molecular formula is C13H21NS. The molecule has 0 amide bonds. The molecule has 1 N–H and O–H groups in total. The monoisotopic (exact) mass is 223 g/mol. The fourth-order valence-electron chi connectivity index (χ4n) is 1.64. The van der Waals surface area contributed by atoms with E-state index < -0.39 is 0 Å². The second-order valence-electron chi connectivity index (χ2n) is 3.97. The summed E-state index contributed by atoms with van der Waals surface area (Å²) in [6, 6.07) is 5.42. The lowest BCUT2D eigenvalue weighted by molar-refractivity contribution is 0.487. The van der Waals surface area contributed by atoms with Crippen LogP contribution in [-0.4, -0.2) is 6.04 Å². The lowest BCUT2D eigenvalue weighted by Crippen LogP contribution is -2.27. The molecule has 15 heavy (non-hydrogen) atoms. The highest BCUT2D eigenvalue weighted by Gasteiger charge is 2.10. The summed E-state index contributed by atoms with van der Waals surface area (Å²) in [5.74, 6) is 0. The van der Waals surface area contributed by atoms with E-state index in [1.807, 2.05) is 17.4 Å². The first kappa shape index (κ1) is 12.5. The fourth-order valence-corrected chi connectivity index (χ4v) is 2.61. The standard InChI is InChI=1S/C13H21NS/c1-5-7-10(3)14-11(4)13-9-8-12(6-2)15-13/h5,8-11,14H,1,6-7H2,2-4H3. The van der Waals surface area contributed by atoms with E-state index in [-0.39, 0.29) is 0 Å². The zero-order valence-electron chi connectivity index (χ0n) is 9.92. The molecule has 1 aromatic heterocycles. The molecule has 2 unspecified atom stereocenters. The van der Waals surface area contributed by atoms with E-state index in [0.29, 0.717) is 12.1 Å². The Kier molecular flexibility index (Phi) is 5.06. The van der Waals surface area contributed by atoms with E-state index in [9.17, 15) is 0 Å². The summed E-state index contributed by atoms with van der Waals surface area (Å²) >= 11 is 1.91. The van der Waals surface area contributed by atoms with Crippen molar-refractivity contribution in [2.45, 2.75) is 45.7 Å². The molecular weight excluding hydrogens is 202 g/mol. The number of hydrogen-bond acceptors (Lipinski definition) is 2. The van der Waals surface area contributed by atoms with Crippen molar-refractivity contribution in [2.75, 3.05) is 0 Å². The average molecular weight is 223 g/mol. The smallest absolute Gasteiger partial charge is 0.0388 e. The van der Waals surface area contributed by atoms with Gasteiger partial charge in [0.2, 0.25) is 0 Å². The Morgan fingerprint density at radius 1 is 1.47 bits per heavy atom. The maximum absolute atomic E-state index is 3.76. The van der Waals surface area contributed by atoms with Gasteiger partial charge in [0, 0.05) is 21.8 Å². The average Bonchev–Trinajstić information content (AvgIpc) is 2.66. The van der Waals surface area contributed by atoms with E-state index in [4.69, 9.17) is 0 Å². The largest absolute Gasteiger partial charge is 0.307 e. The summed E-state index contributed by atoms with van der Waals surface area (Å²) in [5, 5.41) is 3.57. The molecule has 0 aromatic carbocycles. The predicted molar refractivity (Wildman–Crippen MR) is 69.5 cm³/mol. The van der Waals surface area contributed by atoms with Crippen molar-refractivity contribution >= 4 is 11.3 Å². The lowest BCUT2D eigenvalue weighted by Gasteiger charge is -2.17. The van der Waals surface area contributed by atoms with Crippen LogP contribution < -0.4 is 5.32 Å². The molecule has 2 heteroatoms. The van der Waals surface area contributed by atoms with Gasteiger partial charge in [0.1, 0.15) is 0 Å². The van der Waals surface area contributed by atoms with Crippen molar-refractivity contribution in [3.8, 4) is 0 Å². The first-order valence-electron chi connectivity index (χ1n) is 5.63. The van der Waals surface area contributed by atoms with Crippen molar-refractivity contribution in [1.82, 2.24) is 5.32 Å². The van der Waals surface area contributed by atoms with Gasteiger partial charge in [0.25, 0.3) is 0 Å². The quantitative estimate of drug-likeness (QED) is 0.721. The molecule has 0 aliphatic rings. The van der Waals surface area contributed by atoms with E-state index >= 15 is 0 Å². The van der Waals surface area contributed by atoms with Crippen molar-refractivity contribution in [1.29, 1.82) is 0 Å². The molecule has 0 saturated carbocycles. The first-order valence-corrected chi connectivity index (χ1v) is 6.44. The molecule has 1 nitrogen and oxygen atoms in total. The molecule has 84 valence electrons. The second kappa shape index (κ2) is 6.09. The van der Waals surface area contributed by atoms with Crippen LogP contribution in [0.3, 0.4) is 0 Å². The maximum Gasteiger partial charge on any atom is 0.0388 e. The first-order chi connectivity index (χ1) is 7.17. The predicted octanol–water partition coefficient (Wildman–Crippen LogP) is 3.93. The molecule has 0 aliphatic carbocycles. The van der Waals surface area contributed by atoms with Crippen LogP contribution in [0.4, 0.5) is 0 Å². The molecule has 2 atom stereocenters. The Morgan fingerprint density at radius 3 is 2.73 bits per heavy atom. The zero-order chi connectivity index (χ0) is 11.3. The zero-order valence-corrected chi connectivity index (χ0v) is 10.7. The highest BCUT2D eigenvalue weighted by molar-refractivity contribution is 7.12. The van der Waals surface area contributed by atoms with E-state index in [1.165, 1.54) is 9.75 Å². The number of hydrogen-bond donors (Lipinski definition) is 1. The molecule has 1 aromatic rings. The van der Waals surface area contributed by atoms with Gasteiger partial charge in [0.05, 0.1) is 0 Å². The van der Waals surface area contributed by atoms with Gasteiger partial charge in [-0.15, -0.1) is 17.9 Å². The van der Waals surface area contributed by atoms with Crippen LogP contribution in [0.5, 0.6) is 0 Å². The molecule has 0 saturated heterocycles. The highest BCUT2D eigenvalue weighted by atomic mass is 32.1. The van der Waals surface area contributed by atoms with Crippen LogP contribution in [0.1, 0.15) is 43.0 Å². The molecule has 0 bridgehead atoms. The van der Waals surface area contributed by atoms with Crippen LogP contribution in [0.15, 0.2) is 24.8 Å². The van der Waals surface area contributed by atoms with Crippen molar-refractivity contribution in [2.24, 2.45) is 0 Å². The van der Waals surface area contributed by atoms with Crippen LogP contribution in [-0.2, 0) is 6.42 Å². The van der Waals surface area contributed by atoms with Crippen LogP contribution >= 0.6 is 11.3 Å². The van der Waals surface area contributed by atoms with Gasteiger partial charge in [-0.05, 0) is 38.8 Å². The normalized spacial score (nSPS) is 14.9. The van der Waals surface area contributed by atoms with Gasteiger partial charge in [-0.2, -0.15) is 0 Å². The van der Waals surface area contributed by atoms with Crippen molar-refractivity contribution < 1.29 is 0 Å². The number of rotatable bonds is 6. The van der Waals surface area contributed by atoms with Crippen molar-refractivity contribution in [3.05, 3.63) is 34.5 Å². The summed E-state index contributed by atoms with van der Waals surface area (Å²) in [5.41, 5.74) is 0. The Morgan fingerprint density at radius 2 is 2.20 bits per heavy atom. The van der Waals surface area contributed by atoms with E-state index in [0.717, 1.165) is 12.8 Å². The Hall–Kier alpha value is -0.600. The third kappa shape index (κ3) is 3.80. The SMILES string of the molecule is C=CCC(C)NC(C)c1ccc(CC)s1. The second-order valence-corrected chi connectivity index (χ2v) is 5.17. The summed E-state index contributed by atoms with van der Waals surface area (Å²) in [6.07, 6.45) is 4.13. The van der Waals surface area contributed by atoms with Gasteiger partial charge in [0.15, 0.2) is 0 Å². The molecule has 1 rings (SSSR count). The number of nitrogens with one attached hydrogen (secondary N) is 1. The summed E-state index contributed by atoms with van der Waals surface area (Å²) < 4.78 is 0. The minimum Gasteiger partial charge on any atom is -0.307 e. The summed E-state index contributed by atoms with van der Waals surface area (Å²) in [6.45, 7) is 10.4. The van der Waals surface area contributed by atoms with Crippen LogP contribution in [0.2, 0.25) is 0 Å². The fraction of sp³-hybridized carbons (Fsp3) is 0.538. The summed E-state index contributed by atoms with van der Waals surface area (Å²) in [4.78, 5) is 2.90. The summed E-state index contributed by atoms with van der Waals surface area (Å²) in [7, 11) is 0. The molecule has 0 aliphatic heterocycles. The minimum atomic E-state index is 0.449. The Bertz CT molecular complexity index is 303. The van der Waals surface area contributed by atoms with Crippen molar-refractivity contribution in [3.63, 3.8) is 0 Å². The van der Waals surface area contributed by atoms with Gasteiger partial charge in [-0.1, -0.05) is 13.0 Å². The molecule has 0 spiro atoms. The topological polar surface area (TPSA) is 12.0 Å². The van der Waals surface area contributed by atoms with Crippen LogP contribution in [0, 0.1) is 0 Å². The number of thiophene rings is 1. The molecule has 1 heterocycles. The molecule has 0 fully saturated rings. The van der Waals surface area contributed by atoms with Gasteiger partial charge in [-0.3, -0.25) is 0 Å². The van der Waals surface area contributed by atoms with E-state index in [1.54, 1.807) is 0 Å². The van der Waals surface area contributed by atoms with E-state index in [2.05, 4.69) is 44.8 Å². The highest BCUT2D eigenvalue weighted by Crippen LogP contribution is 2.23. The number of aryl methyl sites for hydroxylation is 1. The third-order valence-corrected chi connectivity index (χ3v) is 3.92. The van der Waals surface area contributed by atoms with Gasteiger partial charge in [-0.25, -0.2) is 0 Å². The maximum atomic E-state index is 3.76. The lowest BCUT2D eigenvalue weighted by atomic mass is 10.2. The van der Waals surface area contributed by atoms with Gasteiger partial charge < -0.3 is 5.32 Å². The molecule has 0 radical (unpaired) electrons. The van der Waals surface area contributed by atoms with Gasteiger partial charge >= 0.3 is 0 Å². The van der Waals surface area contributed by atoms with Crippen LogP contribution in [0.25, 0.3) is 0 Å². The third-order valence-electron chi connectivity index (χ3n) is 2.51. The Balaban J connectivity index is 2.52. The Labute approximate surface area is 97.2 Å².